The van der Waals surface area contributed by atoms with Crippen LogP contribution in [0.2, 0.25) is 0 Å². The van der Waals surface area contributed by atoms with Crippen LogP contribution in [-0.4, -0.2) is 78.4 Å². The van der Waals surface area contributed by atoms with Crippen LogP contribution in [0.15, 0.2) is 6.20 Å². The summed E-state index contributed by atoms with van der Waals surface area (Å²) >= 11 is 1.08. The molecule has 1 rings (SSSR count). The number of aliphatic hydroxyl groups excluding tert-OH is 1. The van der Waals surface area contributed by atoms with E-state index in [1.807, 2.05) is 14.1 Å². The van der Waals surface area contributed by atoms with E-state index in [4.69, 9.17) is 9.47 Å². The van der Waals surface area contributed by atoms with Gasteiger partial charge in [0.1, 0.15) is 18.9 Å². The molecule has 0 aromatic carbocycles. The van der Waals surface area contributed by atoms with E-state index in [9.17, 15) is 5.11 Å². The molecule has 1 unspecified atom stereocenters. The van der Waals surface area contributed by atoms with Gasteiger partial charge in [-0.3, -0.25) is 0 Å². The van der Waals surface area contributed by atoms with Crippen molar-refractivity contribution in [1.29, 1.82) is 0 Å². The van der Waals surface area contributed by atoms with Crippen molar-refractivity contribution < 1.29 is 14.6 Å². The molecule has 1 heterocycles. The highest BCUT2D eigenvalue weighted by Crippen LogP contribution is 2.04. The minimum absolute atomic E-state index is 0.208. The number of nitrogens with one attached hydrogen (secondary N) is 1. The molecule has 0 radical (unpaired) electrons. The fourth-order valence-electron chi connectivity index (χ4n) is 1.22. The third-order valence-corrected chi connectivity index (χ3v) is 2.71. The smallest absolute Gasteiger partial charge is 0.245 e. The van der Waals surface area contributed by atoms with E-state index in [0.29, 0.717) is 25.6 Å². The van der Waals surface area contributed by atoms with Crippen LogP contribution >= 0.6 is 11.7 Å². The molecule has 1 atom stereocenters. The van der Waals surface area contributed by atoms with Crippen LogP contribution in [0.5, 0.6) is 5.88 Å². The zero-order valence-electron chi connectivity index (χ0n) is 11.4. The van der Waals surface area contributed by atoms with E-state index in [1.165, 1.54) is 6.20 Å². The minimum atomic E-state index is -0.566. The Bertz CT molecular complexity index is 311. The molecule has 1 aromatic heterocycles. The zero-order valence-corrected chi connectivity index (χ0v) is 12.2. The Morgan fingerprint density at radius 1 is 1.47 bits per heavy atom. The van der Waals surface area contributed by atoms with Gasteiger partial charge in [-0.15, -0.1) is 4.37 Å². The molecule has 7 nitrogen and oxygen atoms in total. The topological polar surface area (TPSA) is 79.7 Å². The Labute approximate surface area is 117 Å². The third-order valence-electron chi connectivity index (χ3n) is 2.25. The first-order chi connectivity index (χ1) is 9.18. The molecule has 0 aliphatic carbocycles. The molecule has 19 heavy (non-hydrogen) atoms. The lowest BCUT2D eigenvalue weighted by Gasteiger charge is -2.12. The van der Waals surface area contributed by atoms with Gasteiger partial charge in [0.15, 0.2) is 0 Å². The Morgan fingerprint density at radius 2 is 2.32 bits per heavy atom. The third kappa shape index (κ3) is 8.84. The van der Waals surface area contributed by atoms with Crippen molar-refractivity contribution in [3.8, 4) is 5.88 Å². The van der Waals surface area contributed by atoms with Gasteiger partial charge >= 0.3 is 0 Å². The van der Waals surface area contributed by atoms with E-state index in [1.54, 1.807) is 0 Å². The van der Waals surface area contributed by atoms with E-state index in [-0.39, 0.29) is 6.61 Å². The van der Waals surface area contributed by atoms with Crippen molar-refractivity contribution in [1.82, 2.24) is 19.0 Å². The predicted molar refractivity (Wildman–Crippen MR) is 73.7 cm³/mol. The van der Waals surface area contributed by atoms with E-state index >= 15 is 0 Å². The van der Waals surface area contributed by atoms with E-state index < -0.39 is 6.10 Å². The highest BCUT2D eigenvalue weighted by atomic mass is 32.1. The van der Waals surface area contributed by atoms with Crippen molar-refractivity contribution in [3.05, 3.63) is 6.20 Å². The molecule has 0 spiro atoms. The van der Waals surface area contributed by atoms with Crippen LogP contribution in [0.3, 0.4) is 0 Å². The van der Waals surface area contributed by atoms with Gasteiger partial charge in [0.25, 0.3) is 0 Å². The second-order valence-corrected chi connectivity index (χ2v) is 4.89. The Kier molecular flexibility index (Phi) is 8.59. The molecule has 0 fully saturated rings. The number of hydrogen-bond donors (Lipinski definition) is 2. The van der Waals surface area contributed by atoms with Crippen molar-refractivity contribution >= 4 is 11.7 Å². The molecule has 0 aliphatic heterocycles. The second kappa shape index (κ2) is 10.0. The Hall–Kier alpha value is -0.800. The maximum absolute atomic E-state index is 9.64. The number of aromatic nitrogens is 2. The standard InChI is InChI=1S/C11H22N4O3S/c1-15(2)4-6-17-5-3-12-7-10(16)9-18-11-8-13-19-14-11/h8,10,12,16H,3-7,9H2,1-2H3. The van der Waals surface area contributed by atoms with Crippen LogP contribution in [0.1, 0.15) is 0 Å². The number of aliphatic hydroxyl groups is 1. The summed E-state index contributed by atoms with van der Waals surface area (Å²) in [5.74, 6) is 0.455. The summed E-state index contributed by atoms with van der Waals surface area (Å²) in [6.45, 7) is 3.66. The van der Waals surface area contributed by atoms with Gasteiger partial charge in [0.05, 0.1) is 24.9 Å². The Balaban J connectivity index is 1.88. The minimum Gasteiger partial charge on any atom is -0.473 e. The molecule has 1 aromatic rings. The van der Waals surface area contributed by atoms with E-state index in [2.05, 4.69) is 19.0 Å². The number of rotatable bonds is 11. The van der Waals surface area contributed by atoms with Crippen molar-refractivity contribution in [2.45, 2.75) is 6.10 Å². The highest BCUT2D eigenvalue weighted by Gasteiger charge is 2.05. The van der Waals surface area contributed by atoms with Gasteiger partial charge in [-0.1, -0.05) is 0 Å². The van der Waals surface area contributed by atoms with Crippen molar-refractivity contribution in [2.24, 2.45) is 0 Å². The quantitative estimate of drug-likeness (QED) is 0.529. The van der Waals surface area contributed by atoms with Gasteiger partial charge < -0.3 is 24.8 Å². The van der Waals surface area contributed by atoms with E-state index in [0.717, 1.165) is 24.9 Å². The summed E-state index contributed by atoms with van der Waals surface area (Å²) in [5, 5.41) is 12.7. The lowest BCUT2D eigenvalue weighted by atomic mass is 10.4. The summed E-state index contributed by atoms with van der Waals surface area (Å²) in [5.41, 5.74) is 0. The van der Waals surface area contributed by atoms with Gasteiger partial charge in [-0.05, 0) is 14.1 Å². The lowest BCUT2D eigenvalue weighted by Crippen LogP contribution is -2.33. The van der Waals surface area contributed by atoms with Crippen LogP contribution in [-0.2, 0) is 4.74 Å². The average molecular weight is 290 g/mol. The molecule has 0 saturated carbocycles. The average Bonchev–Trinajstić information content (AvgIpc) is 2.88. The second-order valence-electron chi connectivity index (χ2n) is 4.33. The Morgan fingerprint density at radius 3 is 3.00 bits per heavy atom. The molecule has 0 aliphatic rings. The zero-order chi connectivity index (χ0) is 13.9. The van der Waals surface area contributed by atoms with Crippen LogP contribution in [0, 0.1) is 0 Å². The SMILES string of the molecule is CN(C)CCOCCNCC(O)COc1cnsn1. The first-order valence-corrected chi connectivity index (χ1v) is 6.93. The number of nitrogens with zero attached hydrogens (tertiary/aromatic N) is 3. The maximum Gasteiger partial charge on any atom is 0.245 e. The summed E-state index contributed by atoms with van der Waals surface area (Å²) in [7, 11) is 4.02. The molecular weight excluding hydrogens is 268 g/mol. The molecule has 0 saturated heterocycles. The van der Waals surface area contributed by atoms with Crippen LogP contribution in [0.25, 0.3) is 0 Å². The molecule has 8 heteroatoms. The molecule has 0 bridgehead atoms. The number of hydrogen-bond acceptors (Lipinski definition) is 8. The summed E-state index contributed by atoms with van der Waals surface area (Å²) in [6, 6.07) is 0. The van der Waals surface area contributed by atoms with Crippen molar-refractivity contribution in [2.75, 3.05) is 53.6 Å². The van der Waals surface area contributed by atoms with Gasteiger partial charge in [-0.25, -0.2) is 0 Å². The fraction of sp³-hybridized carbons (Fsp3) is 0.818. The van der Waals surface area contributed by atoms with Crippen LogP contribution < -0.4 is 10.1 Å². The molecule has 0 amide bonds. The molecule has 2 N–H and O–H groups in total. The lowest BCUT2D eigenvalue weighted by molar-refractivity contribution is 0.0941. The summed E-state index contributed by atoms with van der Waals surface area (Å²) in [6.07, 6.45) is 0.965. The summed E-state index contributed by atoms with van der Waals surface area (Å²) < 4.78 is 18.3. The predicted octanol–water partition coefficient (Wildman–Crippen LogP) is -0.554. The number of likely N-dealkylation sites (N-methyl/N-ethyl adjacent to an activating group) is 1. The molecular formula is C11H22N4O3S. The largest absolute Gasteiger partial charge is 0.473 e. The highest BCUT2D eigenvalue weighted by molar-refractivity contribution is 6.99. The van der Waals surface area contributed by atoms with Gasteiger partial charge in [0, 0.05) is 19.6 Å². The van der Waals surface area contributed by atoms with Crippen molar-refractivity contribution in [3.63, 3.8) is 0 Å². The fourth-order valence-corrected chi connectivity index (χ4v) is 1.59. The first kappa shape index (κ1) is 16.3. The summed E-state index contributed by atoms with van der Waals surface area (Å²) in [4.78, 5) is 2.07. The monoisotopic (exact) mass is 290 g/mol. The van der Waals surface area contributed by atoms with Gasteiger partial charge in [-0.2, -0.15) is 4.37 Å². The normalized spacial score (nSPS) is 12.8. The van der Waals surface area contributed by atoms with Crippen LogP contribution in [0.4, 0.5) is 0 Å². The first-order valence-electron chi connectivity index (χ1n) is 6.20. The van der Waals surface area contributed by atoms with Gasteiger partial charge in [0.2, 0.25) is 5.88 Å². The molecule has 110 valence electrons. The maximum atomic E-state index is 9.64. The number of ether oxygens (including phenoxy) is 2.